The first-order valence-electron chi connectivity index (χ1n) is 12.2. The number of hydrogen-bond acceptors (Lipinski definition) is 5. The topological polar surface area (TPSA) is 97.0 Å². The van der Waals surface area contributed by atoms with Crippen molar-refractivity contribution in [1.82, 2.24) is 4.90 Å². The second kappa shape index (κ2) is 11.5. The summed E-state index contributed by atoms with van der Waals surface area (Å²) in [6.45, 7) is 5.41. The Kier molecular flexibility index (Phi) is 8.15. The maximum Gasteiger partial charge on any atom is 0.254 e. The third kappa shape index (κ3) is 6.46. The minimum atomic E-state index is -0.459. The van der Waals surface area contributed by atoms with Gasteiger partial charge in [-0.3, -0.25) is 14.4 Å². The highest BCUT2D eigenvalue weighted by atomic mass is 16.5. The lowest BCUT2D eigenvalue weighted by Gasteiger charge is -2.25. The molecule has 0 saturated carbocycles. The lowest BCUT2D eigenvalue weighted by molar-refractivity contribution is -0.124. The molecular formula is C27H33N3O5. The van der Waals surface area contributed by atoms with E-state index in [1.807, 2.05) is 32.0 Å². The molecule has 2 saturated heterocycles. The molecule has 2 N–H and O–H groups in total. The first-order chi connectivity index (χ1) is 16.9. The Morgan fingerprint density at radius 1 is 0.971 bits per heavy atom. The van der Waals surface area contributed by atoms with Gasteiger partial charge in [0.2, 0.25) is 5.91 Å². The number of aryl methyl sites for hydroxylation is 1. The zero-order valence-electron chi connectivity index (χ0n) is 20.3. The summed E-state index contributed by atoms with van der Waals surface area (Å²) < 4.78 is 11.2. The summed E-state index contributed by atoms with van der Waals surface area (Å²) in [6.07, 6.45) is 2.77. The molecule has 8 heteroatoms. The van der Waals surface area contributed by atoms with Crippen molar-refractivity contribution >= 4 is 29.1 Å². The van der Waals surface area contributed by atoms with Gasteiger partial charge < -0.3 is 25.0 Å². The van der Waals surface area contributed by atoms with Crippen LogP contribution in [0.4, 0.5) is 11.4 Å². The van der Waals surface area contributed by atoms with Gasteiger partial charge in [-0.2, -0.15) is 0 Å². The fraction of sp³-hybridized carbons (Fsp3) is 0.444. The lowest BCUT2D eigenvalue weighted by Crippen LogP contribution is -2.42. The molecular weight excluding hydrogens is 446 g/mol. The van der Waals surface area contributed by atoms with Crippen molar-refractivity contribution in [3.05, 3.63) is 59.2 Å². The average molecular weight is 480 g/mol. The second-order valence-electron chi connectivity index (χ2n) is 9.19. The van der Waals surface area contributed by atoms with Gasteiger partial charge in [0.25, 0.3) is 11.8 Å². The van der Waals surface area contributed by atoms with Crippen LogP contribution in [0.15, 0.2) is 42.5 Å². The van der Waals surface area contributed by atoms with Crippen LogP contribution in [0.1, 0.15) is 47.2 Å². The summed E-state index contributed by atoms with van der Waals surface area (Å²) in [4.78, 5) is 40.4. The molecule has 2 aromatic carbocycles. The van der Waals surface area contributed by atoms with Crippen LogP contribution >= 0.6 is 0 Å². The number of carbonyl (C=O) groups excluding carboxylic acids is 3. The summed E-state index contributed by atoms with van der Waals surface area (Å²) in [5.74, 6) is -0.770. The predicted octanol–water partition coefficient (Wildman–Crippen LogP) is 3.68. The van der Waals surface area contributed by atoms with E-state index in [1.165, 1.54) is 4.90 Å². The first-order valence-corrected chi connectivity index (χ1v) is 12.2. The number of nitrogens with zero attached hydrogens (tertiary/aromatic N) is 1. The van der Waals surface area contributed by atoms with Gasteiger partial charge in [0.1, 0.15) is 12.6 Å². The van der Waals surface area contributed by atoms with Crippen LogP contribution in [-0.2, 0) is 19.1 Å². The smallest absolute Gasteiger partial charge is 0.254 e. The number of hydrogen-bond donors (Lipinski definition) is 2. The zero-order chi connectivity index (χ0) is 24.8. The van der Waals surface area contributed by atoms with E-state index < -0.39 is 6.10 Å². The maximum absolute atomic E-state index is 13.5. The summed E-state index contributed by atoms with van der Waals surface area (Å²) in [6, 6.07) is 12.5. The molecule has 4 rings (SSSR count). The molecule has 0 bridgehead atoms. The Morgan fingerprint density at radius 2 is 1.74 bits per heavy atom. The van der Waals surface area contributed by atoms with Crippen molar-refractivity contribution in [1.29, 1.82) is 0 Å². The van der Waals surface area contributed by atoms with Crippen molar-refractivity contribution in [2.75, 3.05) is 36.9 Å². The average Bonchev–Trinajstić information content (AvgIpc) is 3.56. The van der Waals surface area contributed by atoms with Crippen LogP contribution in [-0.4, -0.2) is 61.1 Å². The Balaban J connectivity index is 1.47. The number of nitrogens with one attached hydrogen (secondary N) is 2. The summed E-state index contributed by atoms with van der Waals surface area (Å²) >= 11 is 0. The van der Waals surface area contributed by atoms with Crippen LogP contribution < -0.4 is 10.6 Å². The molecule has 2 aromatic rings. The molecule has 2 aliphatic rings. The first kappa shape index (κ1) is 24.9. The van der Waals surface area contributed by atoms with Crippen LogP contribution in [0, 0.1) is 13.8 Å². The Hall–Kier alpha value is -3.23. The van der Waals surface area contributed by atoms with Crippen molar-refractivity contribution in [2.24, 2.45) is 0 Å². The molecule has 0 aromatic heterocycles. The van der Waals surface area contributed by atoms with Gasteiger partial charge in [-0.1, -0.05) is 18.2 Å². The van der Waals surface area contributed by atoms with Gasteiger partial charge in [0, 0.05) is 36.7 Å². The number of ether oxygens (including phenoxy) is 2. The highest BCUT2D eigenvalue weighted by Crippen LogP contribution is 2.21. The van der Waals surface area contributed by atoms with E-state index in [2.05, 4.69) is 10.6 Å². The predicted molar refractivity (Wildman–Crippen MR) is 133 cm³/mol. The minimum Gasteiger partial charge on any atom is -0.376 e. The van der Waals surface area contributed by atoms with Gasteiger partial charge in [0.15, 0.2) is 0 Å². The molecule has 3 amide bonds. The van der Waals surface area contributed by atoms with E-state index in [0.29, 0.717) is 37.4 Å². The van der Waals surface area contributed by atoms with E-state index in [0.717, 1.165) is 36.1 Å². The highest BCUT2D eigenvalue weighted by Gasteiger charge is 2.27. The maximum atomic E-state index is 13.5. The minimum absolute atomic E-state index is 0.0986. The zero-order valence-corrected chi connectivity index (χ0v) is 20.3. The van der Waals surface area contributed by atoms with Crippen molar-refractivity contribution in [3.8, 4) is 0 Å². The SMILES string of the molecule is Cc1cccc(NC(=O)CN(CC2CCCO2)C(=O)c2cccc(NC(=O)C3CCCO3)c2)c1C. The van der Waals surface area contributed by atoms with Crippen LogP contribution in [0.2, 0.25) is 0 Å². The third-order valence-electron chi connectivity index (χ3n) is 6.55. The van der Waals surface area contributed by atoms with E-state index in [4.69, 9.17) is 9.47 Å². The summed E-state index contributed by atoms with van der Waals surface area (Å²) in [7, 11) is 0. The Labute approximate surface area is 206 Å². The number of benzene rings is 2. The molecule has 0 aliphatic carbocycles. The molecule has 35 heavy (non-hydrogen) atoms. The van der Waals surface area contributed by atoms with Gasteiger partial charge in [-0.05, 0) is 74.9 Å². The monoisotopic (exact) mass is 479 g/mol. The molecule has 2 atom stereocenters. The Bertz CT molecular complexity index is 1070. The highest BCUT2D eigenvalue weighted by molar-refractivity contribution is 6.01. The molecule has 186 valence electrons. The quantitative estimate of drug-likeness (QED) is 0.602. The molecule has 2 aliphatic heterocycles. The number of anilines is 2. The largest absolute Gasteiger partial charge is 0.376 e. The van der Waals surface area contributed by atoms with Crippen LogP contribution in [0.25, 0.3) is 0 Å². The van der Waals surface area contributed by atoms with Gasteiger partial charge >= 0.3 is 0 Å². The molecule has 2 unspecified atom stereocenters. The molecule has 0 radical (unpaired) electrons. The van der Waals surface area contributed by atoms with Crippen molar-refractivity contribution in [2.45, 2.75) is 51.7 Å². The van der Waals surface area contributed by atoms with E-state index >= 15 is 0 Å². The van der Waals surface area contributed by atoms with Crippen molar-refractivity contribution in [3.63, 3.8) is 0 Å². The number of amides is 3. The van der Waals surface area contributed by atoms with Gasteiger partial charge in [0.05, 0.1) is 6.10 Å². The molecule has 2 fully saturated rings. The number of rotatable bonds is 8. The van der Waals surface area contributed by atoms with Gasteiger partial charge in [-0.15, -0.1) is 0 Å². The van der Waals surface area contributed by atoms with Crippen LogP contribution in [0.5, 0.6) is 0 Å². The fourth-order valence-corrected chi connectivity index (χ4v) is 4.42. The van der Waals surface area contributed by atoms with E-state index in [9.17, 15) is 14.4 Å². The van der Waals surface area contributed by atoms with Gasteiger partial charge in [-0.25, -0.2) is 0 Å². The van der Waals surface area contributed by atoms with Crippen molar-refractivity contribution < 1.29 is 23.9 Å². The number of carbonyl (C=O) groups is 3. The van der Waals surface area contributed by atoms with E-state index in [-0.39, 0.29) is 30.4 Å². The van der Waals surface area contributed by atoms with Crippen LogP contribution in [0.3, 0.4) is 0 Å². The summed E-state index contributed by atoms with van der Waals surface area (Å²) in [5, 5.41) is 5.77. The van der Waals surface area contributed by atoms with E-state index in [1.54, 1.807) is 24.3 Å². The second-order valence-corrected chi connectivity index (χ2v) is 9.19. The summed E-state index contributed by atoms with van der Waals surface area (Å²) in [5.41, 5.74) is 3.73. The molecule has 0 spiro atoms. The lowest BCUT2D eigenvalue weighted by atomic mass is 10.1. The molecule has 8 nitrogen and oxygen atoms in total. The third-order valence-corrected chi connectivity index (χ3v) is 6.55. The molecule has 2 heterocycles. The standard InChI is InChI=1S/C27H33N3O5/c1-18-7-3-11-23(19(18)2)29-25(31)17-30(16-22-10-5-13-34-22)27(33)20-8-4-9-21(15-20)28-26(32)24-12-6-14-35-24/h3-4,7-9,11,15,22,24H,5-6,10,12-14,16-17H2,1-2H3,(H,28,32)(H,29,31). The normalized spacial score (nSPS) is 19.4. The fourth-order valence-electron chi connectivity index (χ4n) is 4.42. The Morgan fingerprint density at radius 3 is 2.49 bits per heavy atom.